The van der Waals surface area contributed by atoms with Crippen LogP contribution in [0.3, 0.4) is 0 Å². The molecule has 0 atom stereocenters. The van der Waals surface area contributed by atoms with Gasteiger partial charge in [0, 0.05) is 32.6 Å². The lowest BCUT2D eigenvalue weighted by molar-refractivity contribution is 0.672. The summed E-state index contributed by atoms with van der Waals surface area (Å²) in [4.78, 5) is 0. The molecule has 8 aromatic carbocycles. The Morgan fingerprint density at radius 3 is 2.06 bits per heavy atom. The number of hydrogen-bond acceptors (Lipinski definition) is 1. The van der Waals surface area contributed by atoms with Crippen LogP contribution in [0.1, 0.15) is 11.1 Å². The maximum atomic E-state index is 6.58. The highest BCUT2D eigenvalue weighted by Gasteiger charge is 2.25. The smallest absolute Gasteiger partial charge is 0.143 e. The van der Waals surface area contributed by atoms with Gasteiger partial charge in [-0.25, -0.2) is 0 Å². The summed E-state index contributed by atoms with van der Waals surface area (Å²) in [5, 5.41) is 9.91. The van der Waals surface area contributed by atoms with Crippen molar-refractivity contribution in [1.29, 1.82) is 0 Å². The summed E-state index contributed by atoms with van der Waals surface area (Å²) in [5.41, 5.74) is 13.4. The highest BCUT2D eigenvalue weighted by atomic mass is 16.3. The SMILES string of the molecule is c1ccc(-n2c3cc(-c4ccc5c(c4)-c4c(ccc6oc7c8ccccc8ccc7c46)C5)ccc3c3c4ccccc4ccc32)cc1. The van der Waals surface area contributed by atoms with Gasteiger partial charge in [-0.3, -0.25) is 0 Å². The third-order valence-corrected chi connectivity index (χ3v) is 10.4. The minimum atomic E-state index is 0.940. The molecule has 1 aliphatic rings. The van der Waals surface area contributed by atoms with E-state index in [-0.39, 0.29) is 0 Å². The van der Waals surface area contributed by atoms with Crippen molar-refractivity contribution < 1.29 is 4.42 Å². The highest BCUT2D eigenvalue weighted by molar-refractivity contribution is 6.22. The van der Waals surface area contributed by atoms with Crippen molar-refractivity contribution in [2.24, 2.45) is 0 Å². The molecule has 0 aliphatic heterocycles. The molecular formula is C45H27NO. The topological polar surface area (TPSA) is 18.1 Å². The maximum absolute atomic E-state index is 6.58. The Hall–Kier alpha value is -6.12. The van der Waals surface area contributed by atoms with Crippen LogP contribution in [-0.2, 0) is 6.42 Å². The van der Waals surface area contributed by atoms with Crippen LogP contribution >= 0.6 is 0 Å². The van der Waals surface area contributed by atoms with E-state index >= 15 is 0 Å². The van der Waals surface area contributed by atoms with Crippen LogP contribution in [0.15, 0.2) is 156 Å². The minimum absolute atomic E-state index is 0.940. The first-order valence-electron chi connectivity index (χ1n) is 16.3. The number of rotatable bonds is 2. The van der Waals surface area contributed by atoms with Crippen LogP contribution in [0.5, 0.6) is 0 Å². The molecule has 0 bridgehead atoms. The van der Waals surface area contributed by atoms with Crippen molar-refractivity contribution in [2.45, 2.75) is 6.42 Å². The second-order valence-electron chi connectivity index (χ2n) is 12.9. The monoisotopic (exact) mass is 597 g/mol. The largest absolute Gasteiger partial charge is 0.455 e. The van der Waals surface area contributed by atoms with E-state index in [9.17, 15) is 0 Å². The van der Waals surface area contributed by atoms with Gasteiger partial charge in [0.1, 0.15) is 11.2 Å². The third kappa shape index (κ3) is 3.45. The Kier molecular flexibility index (Phi) is 4.92. The average Bonchev–Trinajstić information content (AvgIpc) is 3.80. The zero-order valence-electron chi connectivity index (χ0n) is 25.5. The number of hydrogen-bond donors (Lipinski definition) is 0. The summed E-state index contributed by atoms with van der Waals surface area (Å²) in [6.07, 6.45) is 0.940. The molecule has 0 unspecified atom stereocenters. The first-order chi connectivity index (χ1) is 23.3. The molecule has 0 amide bonds. The molecule has 0 saturated heterocycles. The number of para-hydroxylation sites is 1. The van der Waals surface area contributed by atoms with Gasteiger partial charge in [-0.05, 0) is 98.4 Å². The number of nitrogens with zero attached hydrogens (tertiary/aromatic N) is 1. The fraction of sp³-hybridized carbons (Fsp3) is 0.0222. The normalized spacial score (nSPS) is 12.6. The van der Waals surface area contributed by atoms with Crippen molar-refractivity contribution >= 4 is 65.3 Å². The molecule has 11 rings (SSSR count). The minimum Gasteiger partial charge on any atom is -0.455 e. The van der Waals surface area contributed by atoms with Crippen molar-refractivity contribution in [1.82, 2.24) is 4.57 Å². The maximum Gasteiger partial charge on any atom is 0.143 e. The van der Waals surface area contributed by atoms with Gasteiger partial charge in [0.2, 0.25) is 0 Å². The Bertz CT molecular complexity index is 2920. The fourth-order valence-electron chi connectivity index (χ4n) is 8.26. The Morgan fingerprint density at radius 2 is 1.17 bits per heavy atom. The van der Waals surface area contributed by atoms with E-state index < -0.39 is 0 Å². The molecule has 2 heteroatoms. The van der Waals surface area contributed by atoms with Gasteiger partial charge >= 0.3 is 0 Å². The van der Waals surface area contributed by atoms with Gasteiger partial charge < -0.3 is 8.98 Å². The van der Waals surface area contributed by atoms with Crippen LogP contribution < -0.4 is 0 Å². The van der Waals surface area contributed by atoms with Gasteiger partial charge in [-0.15, -0.1) is 0 Å². The summed E-state index contributed by atoms with van der Waals surface area (Å²) in [5.74, 6) is 0. The summed E-state index contributed by atoms with van der Waals surface area (Å²) in [7, 11) is 0. The second kappa shape index (κ2) is 9.22. The number of benzene rings is 8. The predicted molar refractivity (Wildman–Crippen MR) is 197 cm³/mol. The van der Waals surface area contributed by atoms with Crippen molar-refractivity contribution in [3.63, 3.8) is 0 Å². The molecule has 2 nitrogen and oxygen atoms in total. The standard InChI is InChI=1S/C45H27NO/c1-2-10-33(11-3-1)46-39-22-18-27-8-4-6-12-34(27)43(39)36-20-17-30(26-40(36)46)29-14-15-31-24-32-19-23-41-44(42(32)38(31)25-29)37-21-16-28-9-5-7-13-35(28)45(37)47-41/h1-23,25-26H,24H2. The summed E-state index contributed by atoms with van der Waals surface area (Å²) < 4.78 is 9.01. The number of furan rings is 1. The Morgan fingerprint density at radius 1 is 0.468 bits per heavy atom. The first kappa shape index (κ1) is 25.1. The van der Waals surface area contributed by atoms with Gasteiger partial charge in [0.15, 0.2) is 0 Å². The molecule has 0 radical (unpaired) electrons. The van der Waals surface area contributed by atoms with Crippen molar-refractivity contribution in [3.8, 4) is 27.9 Å². The molecule has 10 aromatic rings. The van der Waals surface area contributed by atoms with Gasteiger partial charge in [-0.2, -0.15) is 0 Å². The molecule has 2 heterocycles. The van der Waals surface area contributed by atoms with Gasteiger partial charge in [0.25, 0.3) is 0 Å². The zero-order chi connectivity index (χ0) is 30.6. The van der Waals surface area contributed by atoms with E-state index in [1.165, 1.54) is 87.8 Å². The van der Waals surface area contributed by atoms with E-state index in [0.717, 1.165) is 23.0 Å². The van der Waals surface area contributed by atoms with Gasteiger partial charge in [0.05, 0.1) is 11.0 Å². The molecule has 0 fully saturated rings. The van der Waals surface area contributed by atoms with Crippen molar-refractivity contribution in [3.05, 3.63) is 163 Å². The van der Waals surface area contributed by atoms with Crippen LogP contribution in [0.25, 0.3) is 93.2 Å². The summed E-state index contributed by atoms with van der Waals surface area (Å²) in [6, 6.07) is 55.4. The van der Waals surface area contributed by atoms with Crippen LogP contribution in [0, 0.1) is 0 Å². The molecule has 2 aromatic heterocycles. The zero-order valence-corrected chi connectivity index (χ0v) is 25.5. The first-order valence-corrected chi connectivity index (χ1v) is 16.3. The van der Waals surface area contributed by atoms with E-state index in [4.69, 9.17) is 4.42 Å². The second-order valence-corrected chi connectivity index (χ2v) is 12.9. The summed E-state index contributed by atoms with van der Waals surface area (Å²) in [6.45, 7) is 0. The van der Waals surface area contributed by atoms with Crippen molar-refractivity contribution in [2.75, 3.05) is 0 Å². The van der Waals surface area contributed by atoms with Gasteiger partial charge in [-0.1, -0.05) is 109 Å². The van der Waals surface area contributed by atoms with Crippen LogP contribution in [-0.4, -0.2) is 4.57 Å². The molecule has 0 spiro atoms. The molecule has 1 aliphatic carbocycles. The molecule has 0 saturated carbocycles. The van der Waals surface area contributed by atoms with E-state index in [1.54, 1.807) is 0 Å². The predicted octanol–water partition coefficient (Wildman–Crippen LogP) is 12.2. The highest BCUT2D eigenvalue weighted by Crippen LogP contribution is 2.47. The number of fused-ring (bicyclic) bond motifs is 14. The van der Waals surface area contributed by atoms with E-state index in [2.05, 4.69) is 156 Å². The lowest BCUT2D eigenvalue weighted by atomic mass is 9.95. The Labute approximate surface area is 270 Å². The molecule has 218 valence electrons. The van der Waals surface area contributed by atoms with Crippen LogP contribution in [0.2, 0.25) is 0 Å². The summed E-state index contributed by atoms with van der Waals surface area (Å²) >= 11 is 0. The quantitative estimate of drug-likeness (QED) is 0.194. The molecule has 0 N–H and O–H groups in total. The van der Waals surface area contributed by atoms with Crippen LogP contribution in [0.4, 0.5) is 0 Å². The third-order valence-electron chi connectivity index (χ3n) is 10.4. The Balaban J connectivity index is 1.15. The lowest BCUT2D eigenvalue weighted by Gasteiger charge is -2.10. The number of aromatic nitrogens is 1. The van der Waals surface area contributed by atoms with E-state index in [0.29, 0.717) is 0 Å². The lowest BCUT2D eigenvalue weighted by Crippen LogP contribution is -1.93. The molecular weight excluding hydrogens is 571 g/mol. The van der Waals surface area contributed by atoms with E-state index in [1.807, 2.05) is 0 Å². The average molecular weight is 598 g/mol. The fourth-order valence-corrected chi connectivity index (χ4v) is 8.26. The molecule has 47 heavy (non-hydrogen) atoms.